The number of pyridine rings is 1. The van der Waals surface area contributed by atoms with Crippen LogP contribution in [-0.2, 0) is 0 Å². The van der Waals surface area contributed by atoms with Gasteiger partial charge in [0, 0.05) is 16.7 Å². The van der Waals surface area contributed by atoms with Gasteiger partial charge in [0.05, 0.1) is 19.9 Å². The molecule has 0 amide bonds. The first kappa shape index (κ1) is 9.90. The molecule has 1 rings (SSSR count). The van der Waals surface area contributed by atoms with E-state index in [1.165, 1.54) is 0 Å². The second-order valence-electron chi connectivity index (χ2n) is 2.30. The smallest absolute Gasteiger partial charge is 0.138 e. The first-order chi connectivity index (χ1) is 6.86. The number of ether oxygens (including phenoxy) is 1. The molecule has 0 spiro atoms. The van der Waals surface area contributed by atoms with Crippen molar-refractivity contribution in [2.75, 3.05) is 13.7 Å². The third kappa shape index (κ3) is 3.05. The van der Waals surface area contributed by atoms with Gasteiger partial charge in [-0.3, -0.25) is 4.98 Å². The molecule has 5 nitrogen and oxygen atoms in total. The molecule has 70 valence electrons. The Balaban J connectivity index is 2.73. The highest BCUT2D eigenvalue weighted by atomic mass is 16.5. The Kier molecular flexibility index (Phi) is 3.86. The van der Waals surface area contributed by atoms with Crippen LogP contribution in [0.4, 0.5) is 0 Å². The van der Waals surface area contributed by atoms with E-state index < -0.39 is 0 Å². The minimum Gasteiger partial charge on any atom is -0.495 e. The summed E-state index contributed by atoms with van der Waals surface area (Å²) >= 11 is 0. The van der Waals surface area contributed by atoms with Crippen LogP contribution in [0.3, 0.4) is 0 Å². The molecule has 0 aliphatic carbocycles. The number of methoxy groups -OCH3 is 1. The summed E-state index contributed by atoms with van der Waals surface area (Å²) in [6.45, 7) is 0.160. The fourth-order valence-corrected chi connectivity index (χ4v) is 0.807. The summed E-state index contributed by atoms with van der Waals surface area (Å²) in [4.78, 5) is 6.51. The van der Waals surface area contributed by atoms with E-state index in [0.29, 0.717) is 5.75 Å². The first-order valence-electron chi connectivity index (χ1n) is 3.85. The fourth-order valence-electron chi connectivity index (χ4n) is 0.807. The predicted octanol–water partition coefficient (Wildman–Crippen LogP) is 1.75. The van der Waals surface area contributed by atoms with Crippen molar-refractivity contribution in [1.82, 2.24) is 4.98 Å². The third-order valence-electron chi connectivity index (χ3n) is 1.39. The van der Waals surface area contributed by atoms with Crippen LogP contribution in [0, 0.1) is 11.8 Å². The van der Waals surface area contributed by atoms with E-state index in [4.69, 9.17) is 10.3 Å². The molecule has 1 heterocycles. The van der Waals surface area contributed by atoms with Gasteiger partial charge >= 0.3 is 0 Å². The summed E-state index contributed by atoms with van der Waals surface area (Å²) in [6.07, 6.45) is 3.21. The molecule has 0 saturated carbocycles. The Morgan fingerprint density at radius 1 is 1.64 bits per heavy atom. The Hall–Kier alpha value is -2.18. The van der Waals surface area contributed by atoms with Crippen molar-refractivity contribution in [3.8, 4) is 17.6 Å². The molecule has 0 saturated heterocycles. The maximum Gasteiger partial charge on any atom is 0.138 e. The van der Waals surface area contributed by atoms with Crippen molar-refractivity contribution < 1.29 is 4.74 Å². The van der Waals surface area contributed by atoms with Crippen LogP contribution >= 0.6 is 0 Å². The van der Waals surface area contributed by atoms with Crippen LogP contribution in [0.2, 0.25) is 0 Å². The average Bonchev–Trinajstić information content (AvgIpc) is 2.25. The largest absolute Gasteiger partial charge is 0.495 e. The van der Waals surface area contributed by atoms with Crippen LogP contribution < -0.4 is 4.74 Å². The molecule has 0 bridgehead atoms. The van der Waals surface area contributed by atoms with E-state index in [1.807, 2.05) is 0 Å². The molecule has 0 unspecified atom stereocenters. The molecular weight excluding hydrogens is 180 g/mol. The lowest BCUT2D eigenvalue weighted by Gasteiger charge is -1.97. The summed E-state index contributed by atoms with van der Waals surface area (Å²) in [5, 5.41) is 3.28. The second kappa shape index (κ2) is 5.46. The van der Waals surface area contributed by atoms with Gasteiger partial charge in [-0.1, -0.05) is 17.0 Å². The standard InChI is InChI=1S/C9H8N4O/c1-14-9-5-8(6-11-7-9)3-2-4-12-13-10/h5-7H,4H2,1H3. The van der Waals surface area contributed by atoms with E-state index in [0.717, 1.165) is 5.56 Å². The molecule has 0 fully saturated rings. The van der Waals surface area contributed by atoms with Gasteiger partial charge in [-0.25, -0.2) is 0 Å². The van der Waals surface area contributed by atoms with Gasteiger partial charge in [0.25, 0.3) is 0 Å². The van der Waals surface area contributed by atoms with E-state index in [9.17, 15) is 0 Å². The quantitative estimate of drug-likeness (QED) is 0.307. The monoisotopic (exact) mass is 188 g/mol. The highest BCUT2D eigenvalue weighted by Gasteiger charge is 1.91. The van der Waals surface area contributed by atoms with Crippen molar-refractivity contribution >= 4 is 0 Å². The van der Waals surface area contributed by atoms with Crippen LogP contribution in [0.5, 0.6) is 5.75 Å². The Bertz CT molecular complexity index is 412. The summed E-state index contributed by atoms with van der Waals surface area (Å²) < 4.78 is 4.97. The van der Waals surface area contributed by atoms with Crippen molar-refractivity contribution in [2.24, 2.45) is 5.11 Å². The van der Waals surface area contributed by atoms with Crippen LogP contribution in [0.15, 0.2) is 23.6 Å². The van der Waals surface area contributed by atoms with E-state index >= 15 is 0 Å². The van der Waals surface area contributed by atoms with E-state index in [1.54, 1.807) is 25.6 Å². The van der Waals surface area contributed by atoms with Crippen molar-refractivity contribution in [2.45, 2.75) is 0 Å². The minimum absolute atomic E-state index is 0.160. The number of azide groups is 1. The van der Waals surface area contributed by atoms with Gasteiger partial charge in [0.15, 0.2) is 0 Å². The lowest BCUT2D eigenvalue weighted by molar-refractivity contribution is 0.413. The molecule has 14 heavy (non-hydrogen) atoms. The zero-order valence-corrected chi connectivity index (χ0v) is 7.64. The lowest BCUT2D eigenvalue weighted by atomic mass is 10.3. The van der Waals surface area contributed by atoms with Crippen LogP contribution in [0.1, 0.15) is 5.56 Å². The van der Waals surface area contributed by atoms with Gasteiger partial charge < -0.3 is 4.74 Å². The molecule has 1 aromatic rings. The topological polar surface area (TPSA) is 70.9 Å². The van der Waals surface area contributed by atoms with Crippen LogP contribution in [0.25, 0.3) is 10.4 Å². The molecule has 0 N–H and O–H groups in total. The molecule has 5 heteroatoms. The molecular formula is C9H8N4O. The van der Waals surface area contributed by atoms with Crippen molar-refractivity contribution in [1.29, 1.82) is 0 Å². The number of aromatic nitrogens is 1. The van der Waals surface area contributed by atoms with Crippen LogP contribution in [-0.4, -0.2) is 18.6 Å². The van der Waals surface area contributed by atoms with E-state index in [2.05, 4.69) is 26.9 Å². The van der Waals surface area contributed by atoms with Gasteiger partial charge in [0.2, 0.25) is 0 Å². The molecule has 0 aliphatic rings. The number of hydrogen-bond acceptors (Lipinski definition) is 3. The van der Waals surface area contributed by atoms with Gasteiger partial charge in [-0.15, -0.1) is 0 Å². The van der Waals surface area contributed by atoms with Gasteiger partial charge in [-0.2, -0.15) is 0 Å². The SMILES string of the molecule is COc1cncc(C#CCN=[N+]=[N-])c1. The Labute approximate surface area is 81.4 Å². The fraction of sp³-hybridized carbons (Fsp3) is 0.222. The number of nitrogens with zero attached hydrogens (tertiary/aromatic N) is 4. The van der Waals surface area contributed by atoms with E-state index in [-0.39, 0.29) is 6.54 Å². The lowest BCUT2D eigenvalue weighted by Crippen LogP contribution is -1.85. The third-order valence-corrected chi connectivity index (χ3v) is 1.39. The molecule has 1 aromatic heterocycles. The molecule has 0 radical (unpaired) electrons. The second-order valence-corrected chi connectivity index (χ2v) is 2.30. The summed E-state index contributed by atoms with van der Waals surface area (Å²) in [5.74, 6) is 6.14. The van der Waals surface area contributed by atoms with Gasteiger partial charge in [0.1, 0.15) is 5.75 Å². The maximum atomic E-state index is 8.00. The Morgan fingerprint density at radius 2 is 2.50 bits per heavy atom. The summed E-state index contributed by atoms with van der Waals surface area (Å²) in [7, 11) is 1.56. The number of hydrogen-bond donors (Lipinski definition) is 0. The maximum absolute atomic E-state index is 8.00. The van der Waals surface area contributed by atoms with Crippen molar-refractivity contribution in [3.63, 3.8) is 0 Å². The zero-order valence-electron chi connectivity index (χ0n) is 7.64. The zero-order chi connectivity index (χ0) is 10.2. The minimum atomic E-state index is 0.160. The summed E-state index contributed by atoms with van der Waals surface area (Å²) in [5.41, 5.74) is 8.74. The van der Waals surface area contributed by atoms with Gasteiger partial charge in [-0.05, 0) is 11.6 Å². The predicted molar refractivity (Wildman–Crippen MR) is 51.7 cm³/mol. The average molecular weight is 188 g/mol. The van der Waals surface area contributed by atoms with Crippen molar-refractivity contribution in [3.05, 3.63) is 34.5 Å². The number of rotatable bonds is 2. The summed E-state index contributed by atoms with van der Waals surface area (Å²) in [6, 6.07) is 1.76. The first-order valence-corrected chi connectivity index (χ1v) is 3.85. The highest BCUT2D eigenvalue weighted by Crippen LogP contribution is 2.08. The molecule has 0 aliphatic heterocycles. The highest BCUT2D eigenvalue weighted by molar-refractivity contribution is 5.36. The normalized spacial score (nSPS) is 8.07. The molecule has 0 atom stereocenters. The Morgan fingerprint density at radius 3 is 3.21 bits per heavy atom. The molecule has 0 aromatic carbocycles.